The van der Waals surface area contributed by atoms with Crippen LogP contribution in [0, 0.1) is 15.9 Å². The van der Waals surface area contributed by atoms with Crippen LogP contribution in [0.15, 0.2) is 48.5 Å². The largest absolute Gasteiger partial charge is 0.378 e. The normalized spacial score (nSPS) is 10.4. The van der Waals surface area contributed by atoms with Gasteiger partial charge in [0.25, 0.3) is 0 Å². The zero-order valence-corrected chi connectivity index (χ0v) is 13.9. The number of rotatable bonds is 5. The van der Waals surface area contributed by atoms with Gasteiger partial charge < -0.3 is 16.4 Å². The number of anilines is 5. The second kappa shape index (κ2) is 7.19. The Morgan fingerprint density at radius 3 is 2.46 bits per heavy atom. The summed E-state index contributed by atoms with van der Waals surface area (Å²) in [5.41, 5.74) is 6.23. The van der Waals surface area contributed by atoms with Gasteiger partial charge in [-0.1, -0.05) is 17.7 Å². The van der Waals surface area contributed by atoms with Crippen molar-refractivity contribution < 1.29 is 9.31 Å². The molecule has 4 N–H and O–H groups in total. The number of nitrogen functional groups attached to an aromatic ring is 1. The minimum absolute atomic E-state index is 0.0416. The summed E-state index contributed by atoms with van der Waals surface area (Å²) in [6.07, 6.45) is 0. The molecule has 0 spiro atoms. The average Bonchev–Trinajstić information content (AvgIpc) is 2.56. The highest BCUT2D eigenvalue weighted by Crippen LogP contribution is 2.32. The van der Waals surface area contributed by atoms with Crippen LogP contribution in [-0.4, -0.2) is 14.9 Å². The van der Waals surface area contributed by atoms with E-state index in [9.17, 15) is 14.5 Å². The van der Waals surface area contributed by atoms with Gasteiger partial charge in [-0.2, -0.15) is 9.97 Å². The summed E-state index contributed by atoms with van der Waals surface area (Å²) < 4.78 is 13.0. The fourth-order valence-electron chi connectivity index (χ4n) is 2.16. The lowest BCUT2D eigenvalue weighted by atomic mass is 10.3. The van der Waals surface area contributed by atoms with Gasteiger partial charge in [-0.25, -0.2) is 4.39 Å². The number of halogens is 2. The van der Waals surface area contributed by atoms with Crippen molar-refractivity contribution in [1.82, 2.24) is 9.97 Å². The highest BCUT2D eigenvalue weighted by atomic mass is 35.5. The summed E-state index contributed by atoms with van der Waals surface area (Å²) in [7, 11) is 0. The highest BCUT2D eigenvalue weighted by molar-refractivity contribution is 6.30. The van der Waals surface area contributed by atoms with E-state index in [0.29, 0.717) is 16.4 Å². The molecule has 1 heterocycles. The Balaban J connectivity index is 1.98. The number of nitrogens with two attached hydrogens (primary N) is 1. The lowest BCUT2D eigenvalue weighted by Crippen LogP contribution is -2.08. The zero-order chi connectivity index (χ0) is 18.7. The molecule has 3 rings (SSSR count). The first-order chi connectivity index (χ1) is 12.4. The molecule has 0 aliphatic rings. The molecular formula is C16H12ClFN6O2. The molecule has 0 saturated heterocycles. The Morgan fingerprint density at radius 2 is 1.81 bits per heavy atom. The van der Waals surface area contributed by atoms with Crippen molar-refractivity contribution in [2.75, 3.05) is 16.4 Å². The summed E-state index contributed by atoms with van der Waals surface area (Å²) in [6.45, 7) is 0. The van der Waals surface area contributed by atoms with Crippen LogP contribution >= 0.6 is 11.6 Å². The lowest BCUT2D eigenvalue weighted by molar-refractivity contribution is -0.383. The van der Waals surface area contributed by atoms with E-state index in [0.717, 1.165) is 0 Å². The summed E-state index contributed by atoms with van der Waals surface area (Å²) in [6, 6.07) is 12.0. The molecule has 0 aliphatic heterocycles. The number of hydrogen-bond acceptors (Lipinski definition) is 7. The Bertz CT molecular complexity index is 967. The van der Waals surface area contributed by atoms with Crippen molar-refractivity contribution >= 4 is 46.2 Å². The number of nitrogens with zero attached hydrogens (tertiary/aromatic N) is 3. The molecule has 1 aromatic heterocycles. The number of hydrogen-bond donors (Lipinski definition) is 3. The number of nitro groups is 1. The molecule has 0 fully saturated rings. The van der Waals surface area contributed by atoms with Crippen LogP contribution in [-0.2, 0) is 0 Å². The molecule has 10 heteroatoms. The monoisotopic (exact) mass is 374 g/mol. The van der Waals surface area contributed by atoms with Gasteiger partial charge in [-0.15, -0.1) is 0 Å². The number of aromatic nitrogens is 2. The molecule has 0 saturated carbocycles. The van der Waals surface area contributed by atoms with Crippen LogP contribution in [0.5, 0.6) is 0 Å². The second-order valence-electron chi connectivity index (χ2n) is 5.15. The van der Waals surface area contributed by atoms with Crippen LogP contribution in [0.1, 0.15) is 0 Å². The molecule has 132 valence electrons. The van der Waals surface area contributed by atoms with Gasteiger partial charge in [0.15, 0.2) is 0 Å². The number of benzene rings is 2. The summed E-state index contributed by atoms with van der Waals surface area (Å²) in [4.78, 5) is 18.6. The average molecular weight is 375 g/mol. The molecule has 0 amide bonds. The highest BCUT2D eigenvalue weighted by Gasteiger charge is 2.23. The van der Waals surface area contributed by atoms with Gasteiger partial charge in [-0.05, 0) is 42.5 Å². The third-order valence-electron chi connectivity index (χ3n) is 3.28. The van der Waals surface area contributed by atoms with E-state index in [1.165, 1.54) is 24.3 Å². The van der Waals surface area contributed by atoms with Crippen LogP contribution < -0.4 is 16.4 Å². The van der Waals surface area contributed by atoms with E-state index >= 15 is 0 Å². The third-order valence-corrected chi connectivity index (χ3v) is 3.52. The maximum absolute atomic E-state index is 13.0. The fraction of sp³-hybridized carbons (Fsp3) is 0. The molecule has 0 aliphatic carbocycles. The van der Waals surface area contributed by atoms with E-state index in [1.54, 1.807) is 24.3 Å². The van der Waals surface area contributed by atoms with E-state index in [4.69, 9.17) is 17.3 Å². The first kappa shape index (κ1) is 17.4. The Hall–Kier alpha value is -3.46. The Labute approximate surface area is 152 Å². The minimum Gasteiger partial charge on any atom is -0.378 e. The third kappa shape index (κ3) is 3.95. The topological polar surface area (TPSA) is 119 Å². The van der Waals surface area contributed by atoms with E-state index in [1.807, 2.05) is 0 Å². The second-order valence-corrected chi connectivity index (χ2v) is 5.59. The van der Waals surface area contributed by atoms with Crippen molar-refractivity contribution in [2.45, 2.75) is 0 Å². The summed E-state index contributed by atoms with van der Waals surface area (Å²) in [5, 5.41) is 17.4. The molecule has 0 unspecified atom stereocenters. The quantitative estimate of drug-likeness (QED) is 0.451. The predicted molar refractivity (Wildman–Crippen MR) is 97.5 cm³/mol. The SMILES string of the molecule is Nc1nc(Nc2cccc(Cl)c2)nc(Nc2ccc(F)cc2)c1[N+](=O)[O-]. The molecular weight excluding hydrogens is 363 g/mol. The van der Waals surface area contributed by atoms with Gasteiger partial charge in [0.1, 0.15) is 5.82 Å². The van der Waals surface area contributed by atoms with Crippen molar-refractivity contribution in [1.29, 1.82) is 0 Å². The van der Waals surface area contributed by atoms with E-state index in [2.05, 4.69) is 20.6 Å². The van der Waals surface area contributed by atoms with Gasteiger partial charge in [0.05, 0.1) is 4.92 Å². The lowest BCUT2D eigenvalue weighted by Gasteiger charge is -2.11. The molecule has 3 aromatic rings. The maximum atomic E-state index is 13.0. The van der Waals surface area contributed by atoms with Crippen molar-refractivity contribution in [3.05, 3.63) is 69.5 Å². The molecule has 8 nitrogen and oxygen atoms in total. The Morgan fingerprint density at radius 1 is 1.08 bits per heavy atom. The zero-order valence-electron chi connectivity index (χ0n) is 13.1. The maximum Gasteiger partial charge on any atom is 0.353 e. The van der Waals surface area contributed by atoms with E-state index in [-0.39, 0.29) is 17.6 Å². The summed E-state index contributed by atoms with van der Waals surface area (Å²) in [5.74, 6) is -0.840. The fourth-order valence-corrected chi connectivity index (χ4v) is 2.35. The van der Waals surface area contributed by atoms with Gasteiger partial charge in [-0.3, -0.25) is 10.1 Å². The van der Waals surface area contributed by atoms with Crippen molar-refractivity contribution in [3.63, 3.8) is 0 Å². The van der Waals surface area contributed by atoms with Crippen LogP contribution in [0.2, 0.25) is 5.02 Å². The van der Waals surface area contributed by atoms with Gasteiger partial charge >= 0.3 is 5.69 Å². The molecule has 0 radical (unpaired) electrons. The smallest absolute Gasteiger partial charge is 0.353 e. The predicted octanol–water partition coefficient (Wildman–Crippen LogP) is 4.25. The number of nitrogens with one attached hydrogen (secondary N) is 2. The molecule has 0 atom stereocenters. The molecule has 0 bridgehead atoms. The first-order valence-corrected chi connectivity index (χ1v) is 7.67. The van der Waals surface area contributed by atoms with Crippen LogP contribution in [0.25, 0.3) is 0 Å². The minimum atomic E-state index is -0.690. The molecule has 2 aromatic carbocycles. The van der Waals surface area contributed by atoms with Crippen LogP contribution in [0.3, 0.4) is 0 Å². The molecule has 26 heavy (non-hydrogen) atoms. The van der Waals surface area contributed by atoms with E-state index < -0.39 is 16.4 Å². The van der Waals surface area contributed by atoms with Crippen molar-refractivity contribution in [2.24, 2.45) is 0 Å². The van der Waals surface area contributed by atoms with Crippen LogP contribution in [0.4, 0.5) is 39.0 Å². The Kier molecular flexibility index (Phi) is 4.81. The summed E-state index contributed by atoms with van der Waals surface area (Å²) >= 11 is 5.92. The standard InChI is InChI=1S/C16H12ClFN6O2/c17-9-2-1-3-12(8-9)21-16-22-14(19)13(24(25)26)15(23-16)20-11-6-4-10(18)5-7-11/h1-8H,(H4,19,20,21,22,23). The van der Waals surface area contributed by atoms with Crippen molar-refractivity contribution in [3.8, 4) is 0 Å². The van der Waals surface area contributed by atoms with Gasteiger partial charge in [0.2, 0.25) is 17.6 Å². The van der Waals surface area contributed by atoms with Gasteiger partial charge in [0, 0.05) is 16.4 Å². The first-order valence-electron chi connectivity index (χ1n) is 7.29.